The van der Waals surface area contributed by atoms with Crippen LogP contribution in [0.4, 0.5) is 0 Å². The third kappa shape index (κ3) is 2.72. The van der Waals surface area contributed by atoms with E-state index in [2.05, 4.69) is 55.4 Å². The SMILES string of the molecule is CC(C)[C@@H]1CC[C@]2(C)CC[C@]3(C)[C@H](CC[C@@H]4[C@]5(C)C[C@@H](O)[C@@H](O)C(C)(C)[C@@H]5CC[C@]43C)[C@@H]12. The van der Waals surface area contributed by atoms with Crippen LogP contribution in [0.25, 0.3) is 0 Å². The lowest BCUT2D eigenvalue weighted by Gasteiger charge is -2.73. The third-order valence-electron chi connectivity index (χ3n) is 13.7. The maximum absolute atomic E-state index is 11.0. The van der Waals surface area contributed by atoms with E-state index >= 15 is 0 Å². The normalized spacial score (nSPS) is 59.2. The molecule has 0 aliphatic heterocycles. The van der Waals surface area contributed by atoms with Crippen molar-refractivity contribution in [2.75, 3.05) is 0 Å². The highest BCUT2D eigenvalue weighted by molar-refractivity contribution is 5.19. The molecule has 0 aromatic carbocycles. The van der Waals surface area contributed by atoms with Crippen molar-refractivity contribution in [3.05, 3.63) is 0 Å². The number of aliphatic hydroxyl groups is 2. The van der Waals surface area contributed by atoms with Gasteiger partial charge >= 0.3 is 0 Å². The van der Waals surface area contributed by atoms with E-state index in [9.17, 15) is 10.2 Å². The van der Waals surface area contributed by atoms with Crippen molar-refractivity contribution in [2.45, 2.75) is 125 Å². The molecular weight excluding hydrogens is 392 g/mol. The Labute approximate surface area is 198 Å². The molecule has 5 aliphatic rings. The predicted octanol–water partition coefficient (Wildman–Crippen LogP) is 7.08. The van der Waals surface area contributed by atoms with Crippen LogP contribution in [0, 0.1) is 62.6 Å². The number of fused-ring (bicyclic) bond motifs is 7. The van der Waals surface area contributed by atoms with Crippen LogP contribution in [-0.4, -0.2) is 22.4 Å². The van der Waals surface area contributed by atoms with Gasteiger partial charge in [-0.05, 0) is 120 Å². The molecule has 0 radical (unpaired) electrons. The van der Waals surface area contributed by atoms with E-state index in [0.717, 1.165) is 30.1 Å². The molecule has 0 spiro atoms. The molecule has 2 heteroatoms. The van der Waals surface area contributed by atoms with Gasteiger partial charge in [-0.3, -0.25) is 0 Å². The molecular formula is C30H52O2. The van der Waals surface area contributed by atoms with Gasteiger partial charge in [0.25, 0.3) is 0 Å². The Morgan fingerprint density at radius 2 is 1.41 bits per heavy atom. The molecule has 32 heavy (non-hydrogen) atoms. The van der Waals surface area contributed by atoms with Gasteiger partial charge in [-0.2, -0.15) is 0 Å². The van der Waals surface area contributed by atoms with Crippen LogP contribution in [0.15, 0.2) is 0 Å². The zero-order valence-corrected chi connectivity index (χ0v) is 22.4. The fraction of sp³-hybridized carbons (Fsp3) is 1.00. The van der Waals surface area contributed by atoms with Crippen molar-refractivity contribution in [1.82, 2.24) is 0 Å². The van der Waals surface area contributed by atoms with Gasteiger partial charge in [0, 0.05) is 0 Å². The molecule has 0 unspecified atom stereocenters. The van der Waals surface area contributed by atoms with Gasteiger partial charge in [-0.15, -0.1) is 0 Å². The van der Waals surface area contributed by atoms with Crippen molar-refractivity contribution in [1.29, 1.82) is 0 Å². The van der Waals surface area contributed by atoms with Crippen molar-refractivity contribution in [3.8, 4) is 0 Å². The van der Waals surface area contributed by atoms with Crippen LogP contribution < -0.4 is 0 Å². The fourth-order valence-corrected chi connectivity index (χ4v) is 11.9. The van der Waals surface area contributed by atoms with E-state index in [4.69, 9.17) is 0 Å². The van der Waals surface area contributed by atoms with Crippen molar-refractivity contribution < 1.29 is 10.2 Å². The summed E-state index contributed by atoms with van der Waals surface area (Å²) in [5.41, 5.74) is 1.26. The topological polar surface area (TPSA) is 40.5 Å². The molecule has 5 saturated carbocycles. The van der Waals surface area contributed by atoms with Crippen molar-refractivity contribution in [2.24, 2.45) is 62.6 Å². The van der Waals surface area contributed by atoms with Crippen LogP contribution in [-0.2, 0) is 0 Å². The molecule has 184 valence electrons. The Bertz CT molecular complexity index is 758. The van der Waals surface area contributed by atoms with Gasteiger partial charge in [-0.25, -0.2) is 0 Å². The average Bonchev–Trinajstić information content (AvgIpc) is 3.05. The van der Waals surface area contributed by atoms with Crippen LogP contribution in [0.5, 0.6) is 0 Å². The Kier molecular flexibility index (Phi) is 5.17. The third-order valence-corrected chi connectivity index (χ3v) is 13.7. The second-order valence-corrected chi connectivity index (χ2v) is 15.3. The van der Waals surface area contributed by atoms with Crippen LogP contribution in [0.3, 0.4) is 0 Å². The first-order valence-corrected chi connectivity index (χ1v) is 14.1. The standard InChI is InChI=1S/C30H52O2/c1-18(2)19-11-13-27(5)15-16-29(7)20(24(19)27)9-10-23-28(6)17-21(31)25(32)26(3,4)22(28)12-14-30(23,29)8/h18-25,31-32H,9-17H2,1-8H3/t19-,20+,21+,22-,23+,24+,25+,27+,28+,29+,30+/m0/s1. The molecule has 5 fully saturated rings. The lowest BCUT2D eigenvalue weighted by Crippen LogP contribution is -2.68. The summed E-state index contributed by atoms with van der Waals surface area (Å²) >= 11 is 0. The summed E-state index contributed by atoms with van der Waals surface area (Å²) in [5.74, 6) is 4.65. The molecule has 0 bridgehead atoms. The number of aliphatic hydroxyl groups excluding tert-OH is 2. The monoisotopic (exact) mass is 444 g/mol. The smallest absolute Gasteiger partial charge is 0.0852 e. The lowest BCUT2D eigenvalue weighted by atomic mass is 9.32. The molecule has 5 aliphatic carbocycles. The van der Waals surface area contributed by atoms with Gasteiger partial charge in [0.05, 0.1) is 12.2 Å². The fourth-order valence-electron chi connectivity index (χ4n) is 11.9. The second kappa shape index (κ2) is 6.99. The van der Waals surface area contributed by atoms with Gasteiger partial charge in [0.1, 0.15) is 0 Å². The number of hydrogen-bond donors (Lipinski definition) is 2. The Balaban J connectivity index is 1.55. The van der Waals surface area contributed by atoms with E-state index in [-0.39, 0.29) is 10.8 Å². The Morgan fingerprint density at radius 3 is 2.06 bits per heavy atom. The molecule has 2 nitrogen and oxygen atoms in total. The largest absolute Gasteiger partial charge is 0.390 e. The summed E-state index contributed by atoms with van der Waals surface area (Å²) in [7, 11) is 0. The lowest BCUT2D eigenvalue weighted by molar-refractivity contribution is -0.263. The second-order valence-electron chi connectivity index (χ2n) is 15.3. The molecule has 0 aromatic rings. The van der Waals surface area contributed by atoms with E-state index in [1.54, 1.807) is 0 Å². The molecule has 0 aromatic heterocycles. The molecule has 5 rings (SSSR count). The van der Waals surface area contributed by atoms with Crippen molar-refractivity contribution >= 4 is 0 Å². The van der Waals surface area contributed by atoms with E-state index in [0.29, 0.717) is 28.1 Å². The van der Waals surface area contributed by atoms with Gasteiger partial charge in [0.2, 0.25) is 0 Å². The van der Waals surface area contributed by atoms with Crippen LogP contribution in [0.1, 0.15) is 113 Å². The molecule has 11 atom stereocenters. The highest BCUT2D eigenvalue weighted by atomic mass is 16.3. The van der Waals surface area contributed by atoms with Gasteiger partial charge in [0.15, 0.2) is 0 Å². The van der Waals surface area contributed by atoms with E-state index in [1.165, 1.54) is 51.4 Å². The first kappa shape index (κ1) is 23.7. The van der Waals surface area contributed by atoms with Crippen LogP contribution in [0.2, 0.25) is 0 Å². The maximum Gasteiger partial charge on any atom is 0.0852 e. The zero-order chi connectivity index (χ0) is 23.5. The molecule has 0 amide bonds. The minimum atomic E-state index is -0.586. The number of hydrogen-bond acceptors (Lipinski definition) is 2. The average molecular weight is 445 g/mol. The van der Waals surface area contributed by atoms with E-state index in [1.807, 2.05) is 0 Å². The zero-order valence-electron chi connectivity index (χ0n) is 22.4. The summed E-state index contributed by atoms with van der Waals surface area (Å²) < 4.78 is 0. The summed E-state index contributed by atoms with van der Waals surface area (Å²) in [4.78, 5) is 0. The quantitative estimate of drug-likeness (QED) is 0.454. The summed E-state index contributed by atoms with van der Waals surface area (Å²) in [6.07, 6.45) is 10.6. The van der Waals surface area contributed by atoms with E-state index < -0.39 is 12.2 Å². The Hall–Kier alpha value is -0.0800. The van der Waals surface area contributed by atoms with Crippen LogP contribution >= 0.6 is 0 Å². The van der Waals surface area contributed by atoms with Gasteiger partial charge in [-0.1, -0.05) is 55.4 Å². The molecule has 0 saturated heterocycles. The molecule has 2 N–H and O–H groups in total. The highest BCUT2D eigenvalue weighted by Gasteiger charge is 2.71. The minimum Gasteiger partial charge on any atom is -0.390 e. The summed E-state index contributed by atoms with van der Waals surface area (Å²) in [5, 5.41) is 21.9. The van der Waals surface area contributed by atoms with Crippen molar-refractivity contribution in [3.63, 3.8) is 0 Å². The first-order valence-electron chi connectivity index (χ1n) is 14.1. The van der Waals surface area contributed by atoms with Gasteiger partial charge < -0.3 is 10.2 Å². The molecule has 0 heterocycles. The summed E-state index contributed by atoms with van der Waals surface area (Å²) in [6, 6.07) is 0. The minimum absolute atomic E-state index is 0.136. The first-order chi connectivity index (χ1) is 14.7. The highest BCUT2D eigenvalue weighted by Crippen LogP contribution is 2.77. The number of rotatable bonds is 1. The summed E-state index contributed by atoms with van der Waals surface area (Å²) in [6.45, 7) is 20.0. The predicted molar refractivity (Wildman–Crippen MR) is 132 cm³/mol. The maximum atomic E-state index is 11.0. The Morgan fingerprint density at radius 1 is 0.719 bits per heavy atom.